The molecule has 0 aliphatic carbocycles. The van der Waals surface area contributed by atoms with Crippen LogP contribution >= 0.6 is 31.9 Å². The van der Waals surface area contributed by atoms with Gasteiger partial charge in [0, 0.05) is 24.0 Å². The zero-order valence-corrected chi connectivity index (χ0v) is 12.7. The fourth-order valence-electron chi connectivity index (χ4n) is 1.50. The number of amides is 1. The molecule has 1 aromatic carbocycles. The van der Waals surface area contributed by atoms with Gasteiger partial charge in [-0.1, -0.05) is 22.9 Å². The minimum Gasteiger partial charge on any atom is -0.338 e. The molecule has 0 bridgehead atoms. The van der Waals surface area contributed by atoms with Gasteiger partial charge >= 0.3 is 0 Å². The van der Waals surface area contributed by atoms with Gasteiger partial charge in [0.1, 0.15) is 5.82 Å². The van der Waals surface area contributed by atoms with E-state index in [9.17, 15) is 9.18 Å². The molecule has 94 valence electrons. The predicted molar refractivity (Wildman–Crippen MR) is 74.1 cm³/mol. The first-order chi connectivity index (χ1) is 8.10. The van der Waals surface area contributed by atoms with Crippen molar-refractivity contribution in [2.75, 3.05) is 18.4 Å². The molecule has 0 radical (unpaired) electrons. The van der Waals surface area contributed by atoms with Crippen LogP contribution in [0.15, 0.2) is 22.7 Å². The Hall–Kier alpha value is -0.420. The van der Waals surface area contributed by atoms with Gasteiger partial charge in [-0.2, -0.15) is 0 Å². The molecule has 0 aliphatic heterocycles. The number of benzene rings is 1. The maximum absolute atomic E-state index is 13.1. The molecule has 1 amide bonds. The van der Waals surface area contributed by atoms with Gasteiger partial charge in [0.05, 0.1) is 4.47 Å². The van der Waals surface area contributed by atoms with Crippen LogP contribution < -0.4 is 0 Å². The molecule has 2 nitrogen and oxygen atoms in total. The average Bonchev–Trinajstić information content (AvgIpc) is 2.31. The van der Waals surface area contributed by atoms with E-state index in [1.807, 2.05) is 6.92 Å². The molecular formula is C12H14Br2FNO. The fraction of sp³-hybridized carbons (Fsp3) is 0.417. The quantitative estimate of drug-likeness (QED) is 0.725. The lowest BCUT2D eigenvalue weighted by Gasteiger charge is -2.21. The van der Waals surface area contributed by atoms with Crippen molar-refractivity contribution in [3.63, 3.8) is 0 Å². The minimum atomic E-state index is -0.357. The lowest BCUT2D eigenvalue weighted by atomic mass is 10.2. The smallest absolute Gasteiger partial charge is 0.253 e. The van der Waals surface area contributed by atoms with Gasteiger partial charge < -0.3 is 4.90 Å². The van der Waals surface area contributed by atoms with Gasteiger partial charge in [-0.3, -0.25) is 4.79 Å². The van der Waals surface area contributed by atoms with Crippen molar-refractivity contribution in [3.05, 3.63) is 34.1 Å². The molecule has 0 saturated carbocycles. The van der Waals surface area contributed by atoms with Crippen LogP contribution in [0.4, 0.5) is 4.39 Å². The summed E-state index contributed by atoms with van der Waals surface area (Å²) in [4.78, 5) is 13.9. The molecule has 0 atom stereocenters. The van der Waals surface area contributed by atoms with Gasteiger partial charge in [-0.25, -0.2) is 4.39 Å². The lowest BCUT2D eigenvalue weighted by molar-refractivity contribution is 0.0766. The standard InChI is InChI=1S/C12H14Br2FNO/c1-2-6-16(7-5-13)12(17)9-3-4-11(15)10(14)8-9/h3-4,8H,2,5-7H2,1H3. The first-order valence-electron chi connectivity index (χ1n) is 5.40. The van der Waals surface area contributed by atoms with Gasteiger partial charge in [0.2, 0.25) is 0 Å². The van der Waals surface area contributed by atoms with Crippen molar-refractivity contribution in [2.24, 2.45) is 0 Å². The van der Waals surface area contributed by atoms with E-state index in [0.29, 0.717) is 23.1 Å². The third kappa shape index (κ3) is 4.07. The largest absolute Gasteiger partial charge is 0.338 e. The summed E-state index contributed by atoms with van der Waals surface area (Å²) in [5.41, 5.74) is 0.507. The van der Waals surface area contributed by atoms with E-state index in [0.717, 1.165) is 11.8 Å². The van der Waals surface area contributed by atoms with Crippen LogP contribution in [0.5, 0.6) is 0 Å². The Balaban J connectivity index is 2.88. The van der Waals surface area contributed by atoms with Crippen molar-refractivity contribution in [3.8, 4) is 0 Å². The third-order valence-electron chi connectivity index (χ3n) is 2.30. The second kappa shape index (κ2) is 7.11. The molecule has 0 spiro atoms. The Bertz CT molecular complexity index is 392. The number of halogens is 3. The first-order valence-corrected chi connectivity index (χ1v) is 7.32. The molecule has 0 N–H and O–H groups in total. The molecule has 17 heavy (non-hydrogen) atoms. The number of nitrogens with zero attached hydrogens (tertiary/aromatic N) is 1. The Morgan fingerprint density at radius 3 is 2.65 bits per heavy atom. The maximum Gasteiger partial charge on any atom is 0.253 e. The maximum atomic E-state index is 13.1. The molecule has 0 fully saturated rings. The van der Waals surface area contributed by atoms with Crippen LogP contribution in [0.3, 0.4) is 0 Å². The number of alkyl halides is 1. The van der Waals surface area contributed by atoms with Crippen molar-refractivity contribution in [1.82, 2.24) is 4.90 Å². The molecule has 0 heterocycles. The van der Waals surface area contributed by atoms with Gasteiger partial charge in [0.15, 0.2) is 0 Å². The topological polar surface area (TPSA) is 20.3 Å². The molecule has 0 aromatic heterocycles. The monoisotopic (exact) mass is 365 g/mol. The Kier molecular flexibility index (Phi) is 6.12. The van der Waals surface area contributed by atoms with Crippen LogP contribution in [0, 0.1) is 5.82 Å². The Morgan fingerprint density at radius 1 is 1.41 bits per heavy atom. The molecule has 5 heteroatoms. The van der Waals surface area contributed by atoms with Crippen LogP contribution in [-0.4, -0.2) is 29.2 Å². The highest BCUT2D eigenvalue weighted by Gasteiger charge is 2.15. The third-order valence-corrected chi connectivity index (χ3v) is 3.26. The SMILES string of the molecule is CCCN(CCBr)C(=O)c1ccc(F)c(Br)c1. The molecule has 1 aromatic rings. The highest BCUT2D eigenvalue weighted by molar-refractivity contribution is 9.10. The number of rotatable bonds is 5. The number of carbonyl (C=O) groups is 1. The first kappa shape index (κ1) is 14.6. The van der Waals surface area contributed by atoms with Crippen LogP contribution in [-0.2, 0) is 0 Å². The van der Waals surface area contributed by atoms with Crippen LogP contribution in [0.1, 0.15) is 23.7 Å². The highest BCUT2D eigenvalue weighted by Crippen LogP contribution is 2.18. The van der Waals surface area contributed by atoms with Gasteiger partial charge in [0.25, 0.3) is 5.91 Å². The van der Waals surface area contributed by atoms with Gasteiger partial charge in [-0.05, 0) is 40.5 Å². The Labute approximate surface area is 117 Å². The van der Waals surface area contributed by atoms with E-state index in [1.54, 1.807) is 4.90 Å². The molecule has 0 aliphatic rings. The summed E-state index contributed by atoms with van der Waals surface area (Å²) in [6, 6.07) is 4.34. The highest BCUT2D eigenvalue weighted by atomic mass is 79.9. The normalized spacial score (nSPS) is 10.4. The second-order valence-electron chi connectivity index (χ2n) is 3.61. The van der Waals surface area contributed by atoms with Gasteiger partial charge in [-0.15, -0.1) is 0 Å². The van der Waals surface area contributed by atoms with Crippen molar-refractivity contribution < 1.29 is 9.18 Å². The predicted octanol–water partition coefficient (Wildman–Crippen LogP) is 3.84. The van der Waals surface area contributed by atoms with Crippen LogP contribution in [0.2, 0.25) is 0 Å². The molecule has 0 unspecified atom stereocenters. The summed E-state index contributed by atoms with van der Waals surface area (Å²) in [6.45, 7) is 3.39. The number of hydrogen-bond acceptors (Lipinski definition) is 1. The zero-order valence-electron chi connectivity index (χ0n) is 9.55. The summed E-state index contributed by atoms with van der Waals surface area (Å²) < 4.78 is 13.4. The van der Waals surface area contributed by atoms with Crippen molar-refractivity contribution >= 4 is 37.8 Å². The summed E-state index contributed by atoms with van der Waals surface area (Å²) in [7, 11) is 0. The second-order valence-corrected chi connectivity index (χ2v) is 5.26. The summed E-state index contributed by atoms with van der Waals surface area (Å²) in [5, 5.41) is 0.737. The summed E-state index contributed by atoms with van der Waals surface area (Å²) in [5.74, 6) is -0.420. The average molecular weight is 367 g/mol. The molecule has 1 rings (SSSR count). The zero-order chi connectivity index (χ0) is 12.8. The molecular weight excluding hydrogens is 353 g/mol. The van der Waals surface area contributed by atoms with E-state index in [4.69, 9.17) is 0 Å². The van der Waals surface area contributed by atoms with E-state index < -0.39 is 0 Å². The lowest BCUT2D eigenvalue weighted by Crippen LogP contribution is -2.33. The van der Waals surface area contributed by atoms with E-state index in [-0.39, 0.29) is 11.7 Å². The van der Waals surface area contributed by atoms with Crippen LogP contribution in [0.25, 0.3) is 0 Å². The summed E-state index contributed by atoms with van der Waals surface area (Å²) in [6.07, 6.45) is 0.904. The van der Waals surface area contributed by atoms with Crippen molar-refractivity contribution in [2.45, 2.75) is 13.3 Å². The number of carbonyl (C=O) groups excluding carboxylic acids is 1. The summed E-state index contributed by atoms with van der Waals surface area (Å²) >= 11 is 6.41. The molecule has 0 saturated heterocycles. The number of hydrogen-bond donors (Lipinski definition) is 0. The van der Waals surface area contributed by atoms with E-state index in [2.05, 4.69) is 31.9 Å². The van der Waals surface area contributed by atoms with E-state index in [1.165, 1.54) is 18.2 Å². The van der Waals surface area contributed by atoms with E-state index >= 15 is 0 Å². The Morgan fingerprint density at radius 2 is 2.12 bits per heavy atom. The fourth-order valence-corrected chi connectivity index (χ4v) is 2.31. The minimum absolute atomic E-state index is 0.0630. The van der Waals surface area contributed by atoms with Crippen molar-refractivity contribution in [1.29, 1.82) is 0 Å².